The molecule has 1 rings (SSSR count). The highest BCUT2D eigenvalue weighted by atomic mass is 79.9. The number of aliphatic hydroxyl groups excluding tert-OH is 1. The molecule has 2 nitrogen and oxygen atoms in total. The Balaban J connectivity index is 2.43. The summed E-state index contributed by atoms with van der Waals surface area (Å²) in [7, 11) is 0. The first-order chi connectivity index (χ1) is 7.04. The summed E-state index contributed by atoms with van der Waals surface area (Å²) in [6.07, 6.45) is 0. The zero-order chi connectivity index (χ0) is 11.4. The lowest BCUT2D eigenvalue weighted by Gasteiger charge is -2.18. The summed E-state index contributed by atoms with van der Waals surface area (Å²) in [6, 6.07) is 2.54. The van der Waals surface area contributed by atoms with Crippen LogP contribution in [-0.2, 0) is 6.54 Å². The zero-order valence-corrected chi connectivity index (χ0v) is 11.8. The first-order valence-corrected chi connectivity index (χ1v) is 6.74. The molecule has 0 radical (unpaired) electrons. The van der Waals surface area contributed by atoms with Crippen LogP contribution in [0.2, 0.25) is 0 Å². The monoisotopic (exact) mass is 291 g/mol. The average Bonchev–Trinajstić information content (AvgIpc) is 2.54. The van der Waals surface area contributed by atoms with Crippen molar-refractivity contribution in [1.29, 1.82) is 0 Å². The molecule has 0 aliphatic rings. The summed E-state index contributed by atoms with van der Waals surface area (Å²) in [5.41, 5.74) is 1.29. The van der Waals surface area contributed by atoms with Gasteiger partial charge in [0.15, 0.2) is 0 Å². The molecule has 2 atom stereocenters. The van der Waals surface area contributed by atoms with Gasteiger partial charge in [-0.25, -0.2) is 0 Å². The van der Waals surface area contributed by atoms with Gasteiger partial charge < -0.3 is 10.4 Å². The molecule has 0 bridgehead atoms. The molecule has 0 spiro atoms. The number of hydrogen-bond acceptors (Lipinski definition) is 3. The molecule has 0 aromatic carbocycles. The van der Waals surface area contributed by atoms with Gasteiger partial charge in [-0.3, -0.25) is 0 Å². The fraction of sp³-hybridized carbons (Fsp3) is 0.636. The number of nitrogens with one attached hydrogen (secondary N) is 1. The van der Waals surface area contributed by atoms with E-state index in [1.807, 2.05) is 6.92 Å². The van der Waals surface area contributed by atoms with Crippen LogP contribution in [0.4, 0.5) is 0 Å². The molecule has 2 unspecified atom stereocenters. The Bertz CT molecular complexity index is 294. The number of hydrogen-bond donors (Lipinski definition) is 2. The van der Waals surface area contributed by atoms with E-state index in [-0.39, 0.29) is 6.61 Å². The van der Waals surface area contributed by atoms with Gasteiger partial charge in [0, 0.05) is 24.1 Å². The second-order valence-corrected chi connectivity index (χ2v) is 6.45. The van der Waals surface area contributed by atoms with E-state index in [2.05, 4.69) is 41.2 Å². The highest BCUT2D eigenvalue weighted by molar-refractivity contribution is 9.11. The number of aryl methyl sites for hydroxylation is 1. The smallest absolute Gasteiger partial charge is 0.0730 e. The van der Waals surface area contributed by atoms with Crippen molar-refractivity contribution in [1.82, 2.24) is 5.32 Å². The Morgan fingerprint density at radius 1 is 1.53 bits per heavy atom. The molecule has 86 valence electrons. The Morgan fingerprint density at radius 3 is 2.67 bits per heavy atom. The number of aliphatic hydroxyl groups is 1. The SMILES string of the molecule is Cc1cc(CNC(C)C(C)CO)sc1Br. The van der Waals surface area contributed by atoms with E-state index in [0.717, 1.165) is 6.54 Å². The van der Waals surface area contributed by atoms with Crippen LogP contribution in [0.5, 0.6) is 0 Å². The summed E-state index contributed by atoms with van der Waals surface area (Å²) in [4.78, 5) is 1.33. The standard InChI is InChI=1S/C11H18BrNOS/c1-7-4-10(15-11(7)12)5-13-9(3)8(2)6-14/h4,8-9,13-14H,5-6H2,1-3H3. The van der Waals surface area contributed by atoms with Crippen molar-refractivity contribution >= 4 is 27.3 Å². The maximum absolute atomic E-state index is 9.01. The fourth-order valence-corrected chi connectivity index (χ4v) is 2.81. The first kappa shape index (κ1) is 13.2. The largest absolute Gasteiger partial charge is 0.396 e. The molecule has 0 fully saturated rings. The minimum atomic E-state index is 0.237. The van der Waals surface area contributed by atoms with Crippen LogP contribution in [0.15, 0.2) is 9.85 Å². The minimum Gasteiger partial charge on any atom is -0.396 e. The van der Waals surface area contributed by atoms with Gasteiger partial charge in [-0.1, -0.05) is 6.92 Å². The highest BCUT2D eigenvalue weighted by Gasteiger charge is 2.11. The van der Waals surface area contributed by atoms with E-state index in [4.69, 9.17) is 5.11 Å². The topological polar surface area (TPSA) is 32.3 Å². The molecule has 1 heterocycles. The van der Waals surface area contributed by atoms with Crippen molar-refractivity contribution < 1.29 is 5.11 Å². The normalized spacial score (nSPS) is 15.3. The highest BCUT2D eigenvalue weighted by Crippen LogP contribution is 2.27. The molecular weight excluding hydrogens is 274 g/mol. The third-order valence-corrected chi connectivity index (χ3v) is 4.78. The summed E-state index contributed by atoms with van der Waals surface area (Å²) in [5, 5.41) is 12.4. The van der Waals surface area contributed by atoms with Crippen LogP contribution in [-0.4, -0.2) is 17.8 Å². The maximum Gasteiger partial charge on any atom is 0.0730 e. The zero-order valence-electron chi connectivity index (χ0n) is 9.38. The maximum atomic E-state index is 9.01. The third-order valence-electron chi connectivity index (χ3n) is 2.65. The van der Waals surface area contributed by atoms with Crippen molar-refractivity contribution in [3.63, 3.8) is 0 Å². The number of rotatable bonds is 5. The van der Waals surface area contributed by atoms with Gasteiger partial charge in [-0.15, -0.1) is 11.3 Å². The van der Waals surface area contributed by atoms with Gasteiger partial charge in [0.1, 0.15) is 0 Å². The van der Waals surface area contributed by atoms with Gasteiger partial charge in [-0.05, 0) is 47.3 Å². The van der Waals surface area contributed by atoms with Crippen molar-refractivity contribution in [2.75, 3.05) is 6.61 Å². The molecule has 0 saturated carbocycles. The van der Waals surface area contributed by atoms with Crippen LogP contribution in [0.1, 0.15) is 24.3 Å². The van der Waals surface area contributed by atoms with Gasteiger partial charge >= 0.3 is 0 Å². The molecule has 2 N–H and O–H groups in total. The molecular formula is C11H18BrNOS. The molecule has 1 aromatic heterocycles. The molecule has 15 heavy (non-hydrogen) atoms. The Morgan fingerprint density at radius 2 is 2.20 bits per heavy atom. The number of thiophene rings is 1. The summed E-state index contributed by atoms with van der Waals surface area (Å²) in [6.45, 7) is 7.37. The van der Waals surface area contributed by atoms with Crippen molar-refractivity contribution in [3.8, 4) is 0 Å². The minimum absolute atomic E-state index is 0.237. The second-order valence-electron chi connectivity index (χ2n) is 4.00. The van der Waals surface area contributed by atoms with Crippen LogP contribution >= 0.6 is 27.3 Å². The van der Waals surface area contributed by atoms with Gasteiger partial charge in [0.2, 0.25) is 0 Å². The Hall–Kier alpha value is 0.100. The predicted octanol–water partition coefficient (Wildman–Crippen LogP) is 2.93. The van der Waals surface area contributed by atoms with Gasteiger partial charge in [0.25, 0.3) is 0 Å². The van der Waals surface area contributed by atoms with E-state index in [0.29, 0.717) is 12.0 Å². The van der Waals surface area contributed by atoms with E-state index in [1.54, 1.807) is 11.3 Å². The second kappa shape index (κ2) is 5.99. The third kappa shape index (κ3) is 3.87. The van der Waals surface area contributed by atoms with E-state index in [9.17, 15) is 0 Å². The number of halogens is 1. The van der Waals surface area contributed by atoms with Crippen molar-refractivity contribution in [2.45, 2.75) is 33.4 Å². The van der Waals surface area contributed by atoms with Crippen molar-refractivity contribution in [3.05, 3.63) is 20.3 Å². The van der Waals surface area contributed by atoms with E-state index < -0.39 is 0 Å². The molecule has 1 aromatic rings. The van der Waals surface area contributed by atoms with Gasteiger partial charge in [-0.2, -0.15) is 0 Å². The lowest BCUT2D eigenvalue weighted by atomic mass is 10.1. The van der Waals surface area contributed by atoms with Crippen molar-refractivity contribution in [2.24, 2.45) is 5.92 Å². The molecule has 0 aliphatic carbocycles. The summed E-state index contributed by atoms with van der Waals surface area (Å²) >= 11 is 5.28. The van der Waals surface area contributed by atoms with Crippen LogP contribution in [0.25, 0.3) is 0 Å². The van der Waals surface area contributed by atoms with E-state index in [1.165, 1.54) is 14.2 Å². The average molecular weight is 292 g/mol. The summed E-state index contributed by atoms with van der Waals surface area (Å²) < 4.78 is 1.21. The lowest BCUT2D eigenvalue weighted by Crippen LogP contribution is -2.33. The van der Waals surface area contributed by atoms with Gasteiger partial charge in [0.05, 0.1) is 3.79 Å². The fourth-order valence-electron chi connectivity index (χ4n) is 1.23. The first-order valence-electron chi connectivity index (χ1n) is 5.13. The molecule has 4 heteroatoms. The molecule has 0 aliphatic heterocycles. The Labute approximate surface area is 104 Å². The van der Waals surface area contributed by atoms with Crippen LogP contribution < -0.4 is 5.32 Å². The Kier molecular flexibility index (Phi) is 5.26. The molecule has 0 amide bonds. The molecule has 0 saturated heterocycles. The quantitative estimate of drug-likeness (QED) is 0.874. The lowest BCUT2D eigenvalue weighted by molar-refractivity contribution is 0.207. The van der Waals surface area contributed by atoms with Crippen LogP contribution in [0.3, 0.4) is 0 Å². The van der Waals surface area contributed by atoms with E-state index >= 15 is 0 Å². The van der Waals surface area contributed by atoms with Crippen LogP contribution in [0, 0.1) is 12.8 Å². The predicted molar refractivity (Wildman–Crippen MR) is 69.3 cm³/mol. The summed E-state index contributed by atoms with van der Waals surface area (Å²) in [5.74, 6) is 0.300.